The molecule has 0 saturated heterocycles. The summed E-state index contributed by atoms with van der Waals surface area (Å²) in [5.41, 5.74) is 1.58. The molecule has 3 rings (SSSR count). The van der Waals surface area contributed by atoms with E-state index < -0.39 is 0 Å². The molecule has 1 aromatic heterocycles. The summed E-state index contributed by atoms with van der Waals surface area (Å²) in [4.78, 5) is 12.6. The van der Waals surface area contributed by atoms with Crippen LogP contribution in [0.1, 0.15) is 47.3 Å². The second-order valence-electron chi connectivity index (χ2n) is 6.43. The van der Waals surface area contributed by atoms with Crippen LogP contribution < -0.4 is 14.8 Å². The SMILES string of the molecule is Cc1cc(C(=O)NC(c2ccc3c(c2)OCCO3)C(C)C)c(C)o1. The van der Waals surface area contributed by atoms with Crippen LogP contribution in [0, 0.1) is 19.8 Å². The van der Waals surface area contributed by atoms with Gasteiger partial charge in [0.25, 0.3) is 5.91 Å². The summed E-state index contributed by atoms with van der Waals surface area (Å²) in [6, 6.07) is 7.48. The lowest BCUT2D eigenvalue weighted by Crippen LogP contribution is -2.32. The number of aryl methyl sites for hydroxylation is 2. The fourth-order valence-electron chi connectivity index (χ4n) is 2.96. The minimum atomic E-state index is -0.127. The van der Waals surface area contributed by atoms with Crippen molar-refractivity contribution in [3.63, 3.8) is 0 Å². The van der Waals surface area contributed by atoms with E-state index in [9.17, 15) is 4.79 Å². The Labute approximate surface area is 141 Å². The van der Waals surface area contributed by atoms with Gasteiger partial charge in [-0.15, -0.1) is 0 Å². The van der Waals surface area contributed by atoms with Crippen molar-refractivity contribution in [2.75, 3.05) is 13.2 Å². The van der Waals surface area contributed by atoms with Crippen molar-refractivity contribution in [3.8, 4) is 11.5 Å². The number of furan rings is 1. The summed E-state index contributed by atoms with van der Waals surface area (Å²) < 4.78 is 16.7. The van der Waals surface area contributed by atoms with Crippen molar-refractivity contribution < 1.29 is 18.7 Å². The first-order chi connectivity index (χ1) is 11.5. The van der Waals surface area contributed by atoms with Crippen LogP contribution in [-0.2, 0) is 0 Å². The van der Waals surface area contributed by atoms with Crippen LogP contribution in [0.5, 0.6) is 11.5 Å². The van der Waals surface area contributed by atoms with Crippen molar-refractivity contribution in [1.82, 2.24) is 5.32 Å². The average Bonchev–Trinajstić information content (AvgIpc) is 2.90. The van der Waals surface area contributed by atoms with Gasteiger partial charge in [-0.25, -0.2) is 0 Å². The number of nitrogens with one attached hydrogen (secondary N) is 1. The molecule has 2 heterocycles. The molecule has 1 atom stereocenters. The Morgan fingerprint density at radius 3 is 2.42 bits per heavy atom. The van der Waals surface area contributed by atoms with E-state index in [1.54, 1.807) is 13.0 Å². The summed E-state index contributed by atoms with van der Waals surface area (Å²) in [7, 11) is 0. The van der Waals surface area contributed by atoms with E-state index in [1.807, 2.05) is 25.1 Å². The lowest BCUT2D eigenvalue weighted by Gasteiger charge is -2.25. The van der Waals surface area contributed by atoms with E-state index in [1.165, 1.54) is 0 Å². The van der Waals surface area contributed by atoms with E-state index in [2.05, 4.69) is 19.2 Å². The van der Waals surface area contributed by atoms with Gasteiger partial charge in [0.2, 0.25) is 0 Å². The molecule has 1 amide bonds. The summed E-state index contributed by atoms with van der Waals surface area (Å²) in [6.07, 6.45) is 0. The third kappa shape index (κ3) is 3.25. The number of fused-ring (bicyclic) bond motifs is 1. The van der Waals surface area contributed by atoms with Crippen LogP contribution in [0.15, 0.2) is 28.7 Å². The molecule has 5 nitrogen and oxygen atoms in total. The molecule has 1 unspecified atom stereocenters. The molecular formula is C19H23NO4. The maximum absolute atomic E-state index is 12.6. The first-order valence-electron chi connectivity index (χ1n) is 8.23. The Morgan fingerprint density at radius 1 is 1.08 bits per heavy atom. The van der Waals surface area contributed by atoms with Crippen LogP contribution in [0.2, 0.25) is 0 Å². The van der Waals surface area contributed by atoms with Crippen LogP contribution in [0.25, 0.3) is 0 Å². The van der Waals surface area contributed by atoms with E-state index >= 15 is 0 Å². The largest absolute Gasteiger partial charge is 0.486 e. The van der Waals surface area contributed by atoms with Crippen LogP contribution in [0.3, 0.4) is 0 Å². The van der Waals surface area contributed by atoms with Crippen LogP contribution >= 0.6 is 0 Å². The molecule has 0 aliphatic carbocycles. The Hall–Kier alpha value is -2.43. The van der Waals surface area contributed by atoms with Crippen molar-refractivity contribution in [2.45, 2.75) is 33.7 Å². The number of ether oxygens (including phenoxy) is 2. The number of amides is 1. The van der Waals surface area contributed by atoms with Gasteiger partial charge in [0, 0.05) is 0 Å². The normalized spacial score (nSPS) is 14.5. The molecule has 5 heteroatoms. The van der Waals surface area contributed by atoms with Gasteiger partial charge in [-0.3, -0.25) is 4.79 Å². The Morgan fingerprint density at radius 2 is 1.79 bits per heavy atom. The van der Waals surface area contributed by atoms with Gasteiger partial charge in [-0.2, -0.15) is 0 Å². The predicted octanol–water partition coefficient (Wildman–Crippen LogP) is 3.79. The number of carbonyl (C=O) groups is 1. The zero-order valence-electron chi connectivity index (χ0n) is 14.5. The van der Waals surface area contributed by atoms with E-state index in [0.717, 1.165) is 22.8 Å². The topological polar surface area (TPSA) is 60.7 Å². The number of rotatable bonds is 4. The maximum Gasteiger partial charge on any atom is 0.255 e. The van der Waals surface area contributed by atoms with Gasteiger partial charge in [0.15, 0.2) is 11.5 Å². The molecule has 0 radical (unpaired) electrons. The molecule has 1 N–H and O–H groups in total. The lowest BCUT2D eigenvalue weighted by atomic mass is 9.95. The fourth-order valence-corrected chi connectivity index (χ4v) is 2.96. The fraction of sp³-hybridized carbons (Fsp3) is 0.421. The van der Waals surface area contributed by atoms with Crippen molar-refractivity contribution in [3.05, 3.63) is 46.9 Å². The Balaban J connectivity index is 1.85. The molecule has 24 heavy (non-hydrogen) atoms. The predicted molar refractivity (Wildman–Crippen MR) is 90.7 cm³/mol. The smallest absolute Gasteiger partial charge is 0.255 e. The van der Waals surface area contributed by atoms with Gasteiger partial charge >= 0.3 is 0 Å². The van der Waals surface area contributed by atoms with Gasteiger partial charge in [-0.1, -0.05) is 19.9 Å². The van der Waals surface area contributed by atoms with E-state index in [0.29, 0.717) is 24.5 Å². The minimum Gasteiger partial charge on any atom is -0.486 e. The lowest BCUT2D eigenvalue weighted by molar-refractivity contribution is 0.0923. The van der Waals surface area contributed by atoms with Gasteiger partial charge < -0.3 is 19.2 Å². The van der Waals surface area contributed by atoms with Gasteiger partial charge in [-0.05, 0) is 43.5 Å². The zero-order chi connectivity index (χ0) is 17.3. The third-order valence-corrected chi connectivity index (χ3v) is 4.16. The van der Waals surface area contributed by atoms with E-state index in [-0.39, 0.29) is 17.9 Å². The average molecular weight is 329 g/mol. The number of benzene rings is 1. The molecule has 0 saturated carbocycles. The molecule has 128 valence electrons. The highest BCUT2D eigenvalue weighted by Gasteiger charge is 2.23. The monoisotopic (exact) mass is 329 g/mol. The number of carbonyl (C=O) groups excluding carboxylic acids is 1. The second kappa shape index (κ2) is 6.59. The standard InChI is InChI=1S/C19H23NO4/c1-11(2)18(20-19(21)15-9-12(3)24-13(15)4)14-5-6-16-17(10-14)23-8-7-22-16/h5-6,9-11,18H,7-8H2,1-4H3,(H,20,21). The van der Waals surface area contributed by atoms with Crippen LogP contribution in [0.4, 0.5) is 0 Å². The number of hydrogen-bond acceptors (Lipinski definition) is 4. The van der Waals surface area contributed by atoms with Crippen molar-refractivity contribution in [1.29, 1.82) is 0 Å². The minimum absolute atomic E-state index is 0.122. The highest BCUT2D eigenvalue weighted by Crippen LogP contribution is 2.34. The van der Waals surface area contributed by atoms with Gasteiger partial charge in [0.1, 0.15) is 24.7 Å². The highest BCUT2D eigenvalue weighted by molar-refractivity contribution is 5.95. The van der Waals surface area contributed by atoms with Crippen molar-refractivity contribution in [2.24, 2.45) is 5.92 Å². The molecule has 1 aromatic carbocycles. The summed E-state index contributed by atoms with van der Waals surface area (Å²) in [6.45, 7) is 8.91. The molecule has 2 aromatic rings. The second-order valence-corrected chi connectivity index (χ2v) is 6.43. The zero-order valence-corrected chi connectivity index (χ0v) is 14.5. The van der Waals surface area contributed by atoms with E-state index in [4.69, 9.17) is 13.9 Å². The maximum atomic E-state index is 12.6. The molecule has 0 spiro atoms. The molecular weight excluding hydrogens is 306 g/mol. The Bertz CT molecular complexity index is 748. The summed E-state index contributed by atoms with van der Waals surface area (Å²) in [5, 5.41) is 3.11. The Kier molecular flexibility index (Phi) is 4.51. The third-order valence-electron chi connectivity index (χ3n) is 4.16. The van der Waals surface area contributed by atoms with Gasteiger partial charge in [0.05, 0.1) is 11.6 Å². The molecule has 1 aliphatic rings. The molecule has 0 bridgehead atoms. The first kappa shape index (κ1) is 16.4. The molecule has 1 aliphatic heterocycles. The van der Waals surface area contributed by atoms with Crippen LogP contribution in [-0.4, -0.2) is 19.1 Å². The number of hydrogen-bond donors (Lipinski definition) is 1. The summed E-state index contributed by atoms with van der Waals surface area (Å²) >= 11 is 0. The molecule has 0 fully saturated rings. The first-order valence-corrected chi connectivity index (χ1v) is 8.23. The summed E-state index contributed by atoms with van der Waals surface area (Å²) in [5.74, 6) is 2.95. The highest BCUT2D eigenvalue weighted by atomic mass is 16.6. The quantitative estimate of drug-likeness (QED) is 0.927. The van der Waals surface area contributed by atoms with Crippen molar-refractivity contribution >= 4 is 5.91 Å².